The van der Waals surface area contributed by atoms with E-state index in [1.165, 1.54) is 83.4 Å². The summed E-state index contributed by atoms with van der Waals surface area (Å²) >= 11 is 0. The van der Waals surface area contributed by atoms with Crippen molar-refractivity contribution in [3.8, 4) is 0 Å². The second kappa shape index (κ2) is 14.1. The highest BCUT2D eigenvalue weighted by atomic mass is 16.3. The van der Waals surface area contributed by atoms with Crippen molar-refractivity contribution >= 4 is 66.6 Å². The molecule has 0 aliphatic heterocycles. The van der Waals surface area contributed by atoms with Gasteiger partial charge in [-0.25, -0.2) is 0 Å². The maximum absolute atomic E-state index is 6.84. The summed E-state index contributed by atoms with van der Waals surface area (Å²) in [6, 6.07) is 52.2. The summed E-state index contributed by atoms with van der Waals surface area (Å²) in [6.45, 7) is 0. The molecule has 4 nitrogen and oxygen atoms in total. The normalized spacial score (nSPS) is 20.5. The summed E-state index contributed by atoms with van der Waals surface area (Å²) in [5, 5.41) is 4.56. The molecule has 6 aliphatic rings. The first-order valence-electron chi connectivity index (χ1n) is 23.3. The summed E-state index contributed by atoms with van der Waals surface area (Å²) in [5.41, 5.74) is 19.3. The highest BCUT2D eigenvalue weighted by molar-refractivity contribution is 6.11. The molecule has 2 heterocycles. The van der Waals surface area contributed by atoms with Crippen LogP contribution < -0.4 is 9.80 Å². The van der Waals surface area contributed by atoms with Crippen LogP contribution in [0.1, 0.15) is 38.5 Å². The van der Waals surface area contributed by atoms with E-state index >= 15 is 0 Å². The molecular weight excluding hydrogens is 781 g/mol. The zero-order valence-corrected chi connectivity index (χ0v) is 35.6. The highest BCUT2D eigenvalue weighted by Crippen LogP contribution is 2.60. The highest BCUT2D eigenvalue weighted by Gasteiger charge is 2.48. The fourth-order valence-electron chi connectivity index (χ4n) is 11.8. The molecule has 2 saturated carbocycles. The molecule has 0 amide bonds. The third-order valence-electron chi connectivity index (χ3n) is 15.3. The first kappa shape index (κ1) is 36.2. The molecule has 0 saturated heterocycles. The molecule has 0 spiro atoms. The van der Waals surface area contributed by atoms with Crippen molar-refractivity contribution in [1.82, 2.24) is 0 Å². The molecule has 6 aliphatic carbocycles. The lowest BCUT2D eigenvalue weighted by atomic mass is 9.57. The fraction of sp³-hybridized carbons (Fsp3) is 0.167. The van der Waals surface area contributed by atoms with Crippen molar-refractivity contribution in [3.63, 3.8) is 0 Å². The third kappa shape index (κ3) is 5.29. The number of allylic oxidation sites excluding steroid dienone is 12. The van der Waals surface area contributed by atoms with E-state index in [0.717, 1.165) is 66.6 Å². The van der Waals surface area contributed by atoms with Gasteiger partial charge in [0, 0.05) is 44.8 Å². The standard InChI is InChI=1S/C60H46N2O2/c1-3-19-39(20-4-1)61(51-27-13-25-45-41-23-7-9-29-55(41)63-59(45)51)53-35-49(37-15-11-16-37)43-32-34-48-54(36-50(38-17-12-18-38)44-31-33-47(53)57(43)58(44)48)62(40-21-5-2-6-22-40)52-28-14-26-46-42-24-8-10-30-56(42)64-60(46)52/h1-10,13-14,19-38,57-58H,11-12,15-18H2. The summed E-state index contributed by atoms with van der Waals surface area (Å²) in [7, 11) is 0. The summed E-state index contributed by atoms with van der Waals surface area (Å²) in [4.78, 5) is 5.02. The van der Waals surface area contributed by atoms with Crippen LogP contribution in [-0.4, -0.2) is 0 Å². The van der Waals surface area contributed by atoms with Crippen LogP contribution in [0.25, 0.3) is 43.9 Å². The molecule has 0 bridgehead atoms. The van der Waals surface area contributed by atoms with Crippen LogP contribution >= 0.6 is 0 Å². The SMILES string of the molecule is C1=CC2=C(N(c3ccccc3)c3cccc4c3oc3ccccc34)C=C(C3CCC3)C3=CC=C4C(N(c5ccccc5)c5cccc6c5oc5ccccc56)=CC(C5CCC5)=C1C4C32. The van der Waals surface area contributed by atoms with Gasteiger partial charge in [0.25, 0.3) is 0 Å². The van der Waals surface area contributed by atoms with E-state index < -0.39 is 0 Å². The van der Waals surface area contributed by atoms with Crippen LogP contribution in [0, 0.1) is 23.7 Å². The molecule has 2 fully saturated rings. The molecule has 308 valence electrons. The summed E-state index contributed by atoms with van der Waals surface area (Å²) < 4.78 is 13.7. The number of hydrogen-bond acceptors (Lipinski definition) is 4. The second-order valence-corrected chi connectivity index (χ2v) is 18.5. The number of benzene rings is 6. The molecule has 2 unspecified atom stereocenters. The molecule has 6 aromatic carbocycles. The number of hydrogen-bond donors (Lipinski definition) is 0. The van der Waals surface area contributed by atoms with E-state index in [1.54, 1.807) is 0 Å². The Balaban J connectivity index is 1.02. The van der Waals surface area contributed by atoms with Gasteiger partial charge in [-0.3, -0.25) is 0 Å². The number of furan rings is 2. The monoisotopic (exact) mass is 826 g/mol. The first-order chi connectivity index (χ1) is 31.8. The van der Waals surface area contributed by atoms with Crippen molar-refractivity contribution in [2.24, 2.45) is 23.7 Å². The third-order valence-corrected chi connectivity index (χ3v) is 15.3. The zero-order chi connectivity index (χ0) is 41.9. The van der Waals surface area contributed by atoms with E-state index in [0.29, 0.717) is 11.8 Å². The van der Waals surface area contributed by atoms with Gasteiger partial charge in [-0.05, 0) is 132 Å². The van der Waals surface area contributed by atoms with E-state index in [2.05, 4.69) is 192 Å². The maximum atomic E-state index is 6.84. The van der Waals surface area contributed by atoms with E-state index in [-0.39, 0.29) is 11.8 Å². The number of fused-ring (bicyclic) bond motifs is 6. The number of para-hydroxylation sites is 6. The number of nitrogens with zero attached hydrogens (tertiary/aromatic N) is 2. The summed E-state index contributed by atoms with van der Waals surface area (Å²) in [6.07, 6.45) is 22.6. The van der Waals surface area contributed by atoms with E-state index in [1.807, 2.05) is 0 Å². The quantitative estimate of drug-likeness (QED) is 0.153. The van der Waals surface area contributed by atoms with E-state index in [4.69, 9.17) is 8.83 Å². The van der Waals surface area contributed by atoms with Gasteiger partial charge in [0.1, 0.15) is 11.2 Å². The lowest BCUT2D eigenvalue weighted by molar-refractivity contribution is 0.356. The Bertz CT molecular complexity index is 3470. The van der Waals surface area contributed by atoms with E-state index in [9.17, 15) is 0 Å². The number of rotatable bonds is 8. The average Bonchev–Trinajstić information content (AvgIpc) is 3.89. The Kier molecular flexibility index (Phi) is 7.98. The Morgan fingerprint density at radius 3 is 1.53 bits per heavy atom. The minimum absolute atomic E-state index is 0.148. The molecule has 64 heavy (non-hydrogen) atoms. The van der Waals surface area contributed by atoms with Gasteiger partial charge in [0.2, 0.25) is 0 Å². The average molecular weight is 827 g/mol. The van der Waals surface area contributed by atoms with Crippen LogP contribution in [-0.2, 0) is 0 Å². The fourth-order valence-corrected chi connectivity index (χ4v) is 11.8. The van der Waals surface area contributed by atoms with Crippen molar-refractivity contribution in [3.05, 3.63) is 227 Å². The Morgan fingerprint density at radius 2 is 0.922 bits per heavy atom. The predicted molar refractivity (Wildman–Crippen MR) is 262 cm³/mol. The smallest absolute Gasteiger partial charge is 0.159 e. The maximum Gasteiger partial charge on any atom is 0.159 e. The van der Waals surface area contributed by atoms with Crippen molar-refractivity contribution in [2.45, 2.75) is 38.5 Å². The van der Waals surface area contributed by atoms with Gasteiger partial charge in [-0.2, -0.15) is 0 Å². The van der Waals surface area contributed by atoms with Gasteiger partial charge in [-0.1, -0.05) is 134 Å². The van der Waals surface area contributed by atoms with Gasteiger partial charge in [0.05, 0.1) is 22.8 Å². The molecule has 4 heteroatoms. The molecule has 8 aromatic rings. The lowest BCUT2D eigenvalue weighted by Gasteiger charge is -2.49. The minimum Gasteiger partial charge on any atom is -0.454 e. The van der Waals surface area contributed by atoms with Crippen LogP contribution in [0.15, 0.2) is 236 Å². The minimum atomic E-state index is 0.148. The van der Waals surface area contributed by atoms with Crippen molar-refractivity contribution in [1.29, 1.82) is 0 Å². The predicted octanol–water partition coefficient (Wildman–Crippen LogP) is 16.1. The van der Waals surface area contributed by atoms with Gasteiger partial charge >= 0.3 is 0 Å². The molecule has 0 N–H and O–H groups in total. The largest absolute Gasteiger partial charge is 0.454 e. The zero-order valence-electron chi connectivity index (χ0n) is 35.6. The van der Waals surface area contributed by atoms with Crippen LogP contribution in [0.2, 0.25) is 0 Å². The summed E-state index contributed by atoms with van der Waals surface area (Å²) in [5.74, 6) is 1.36. The second-order valence-electron chi connectivity index (χ2n) is 18.5. The number of anilines is 4. The van der Waals surface area contributed by atoms with Crippen LogP contribution in [0.5, 0.6) is 0 Å². The Morgan fingerprint density at radius 1 is 0.406 bits per heavy atom. The lowest BCUT2D eigenvalue weighted by Crippen LogP contribution is -2.39. The Labute approximate surface area is 372 Å². The molecule has 0 radical (unpaired) electrons. The molecule has 14 rings (SSSR count). The first-order valence-corrected chi connectivity index (χ1v) is 23.3. The van der Waals surface area contributed by atoms with Crippen LogP contribution in [0.3, 0.4) is 0 Å². The van der Waals surface area contributed by atoms with Gasteiger partial charge in [-0.15, -0.1) is 0 Å². The van der Waals surface area contributed by atoms with Crippen molar-refractivity contribution in [2.75, 3.05) is 9.80 Å². The van der Waals surface area contributed by atoms with Crippen molar-refractivity contribution < 1.29 is 8.83 Å². The molecule has 2 atom stereocenters. The molecule has 2 aromatic heterocycles. The van der Waals surface area contributed by atoms with Crippen LogP contribution in [0.4, 0.5) is 22.7 Å². The van der Waals surface area contributed by atoms with Gasteiger partial charge in [0.15, 0.2) is 11.2 Å². The molecular formula is C60H46N2O2. The van der Waals surface area contributed by atoms with Gasteiger partial charge < -0.3 is 18.6 Å². The Hall–Kier alpha value is -7.30. The topological polar surface area (TPSA) is 32.8 Å².